The molecule has 0 bridgehead atoms. The molecule has 0 saturated carbocycles. The number of nitriles is 1. The molecule has 1 aromatic rings. The summed E-state index contributed by atoms with van der Waals surface area (Å²) in [7, 11) is 0. The van der Waals surface area contributed by atoms with Gasteiger partial charge >= 0.3 is 5.97 Å². The lowest BCUT2D eigenvalue weighted by Crippen LogP contribution is -2.42. The number of aryl methyl sites for hydroxylation is 1. The molecule has 1 unspecified atom stereocenters. The average molecular weight is 343 g/mol. The lowest BCUT2D eigenvalue weighted by molar-refractivity contribution is -0.141. The van der Waals surface area contributed by atoms with Gasteiger partial charge in [-0.05, 0) is 30.7 Å². The van der Waals surface area contributed by atoms with Gasteiger partial charge < -0.3 is 15.7 Å². The molecule has 134 valence electrons. The number of amides is 1. The number of rotatable bonds is 10. The van der Waals surface area contributed by atoms with E-state index in [1.807, 2.05) is 44.2 Å². The first kappa shape index (κ1) is 20.2. The highest BCUT2D eigenvalue weighted by Gasteiger charge is 2.22. The van der Waals surface area contributed by atoms with Gasteiger partial charge in [0.15, 0.2) is 0 Å². The van der Waals surface area contributed by atoms with Crippen LogP contribution >= 0.6 is 0 Å². The third kappa shape index (κ3) is 8.02. The van der Waals surface area contributed by atoms with Gasteiger partial charge in [-0.3, -0.25) is 4.79 Å². The first-order chi connectivity index (χ1) is 11.9. The number of nitrogens with one attached hydrogen (secondary N) is 2. The van der Waals surface area contributed by atoms with E-state index in [0.717, 1.165) is 12.8 Å². The molecule has 0 spiro atoms. The normalized spacial score (nSPS) is 12.3. The van der Waals surface area contributed by atoms with Crippen LogP contribution in [0.4, 0.5) is 0 Å². The van der Waals surface area contributed by atoms with Crippen molar-refractivity contribution in [1.82, 2.24) is 10.6 Å². The minimum absolute atomic E-state index is 0.118. The van der Waals surface area contributed by atoms with Crippen LogP contribution in [0.3, 0.4) is 0 Å². The number of benzene rings is 1. The third-order valence-corrected chi connectivity index (χ3v) is 3.55. The van der Waals surface area contributed by atoms with E-state index in [4.69, 9.17) is 10.4 Å². The Morgan fingerprint density at radius 3 is 2.52 bits per heavy atom. The van der Waals surface area contributed by atoms with Crippen LogP contribution in [-0.4, -0.2) is 29.6 Å². The van der Waals surface area contributed by atoms with E-state index in [1.165, 1.54) is 11.8 Å². The first-order valence-corrected chi connectivity index (χ1v) is 8.35. The second kappa shape index (κ2) is 10.9. The van der Waals surface area contributed by atoms with Crippen molar-refractivity contribution >= 4 is 11.9 Å². The van der Waals surface area contributed by atoms with Gasteiger partial charge in [0.25, 0.3) is 5.91 Å². The predicted octanol–water partition coefficient (Wildman–Crippen LogP) is 2.23. The second-order valence-corrected chi connectivity index (χ2v) is 6.21. The average Bonchev–Trinajstić information content (AvgIpc) is 2.57. The predicted molar refractivity (Wildman–Crippen MR) is 95.5 cm³/mol. The van der Waals surface area contributed by atoms with Crippen molar-refractivity contribution in [3.63, 3.8) is 0 Å². The van der Waals surface area contributed by atoms with Crippen LogP contribution in [0.25, 0.3) is 0 Å². The molecule has 3 N–H and O–H groups in total. The van der Waals surface area contributed by atoms with Crippen molar-refractivity contribution in [3.8, 4) is 6.07 Å². The molecule has 0 aliphatic rings. The quantitative estimate of drug-likeness (QED) is 0.343. The first-order valence-electron chi connectivity index (χ1n) is 8.35. The molecule has 6 heteroatoms. The van der Waals surface area contributed by atoms with E-state index in [-0.39, 0.29) is 11.5 Å². The molecule has 0 radical (unpaired) electrons. The van der Waals surface area contributed by atoms with E-state index in [9.17, 15) is 9.59 Å². The van der Waals surface area contributed by atoms with E-state index in [2.05, 4.69) is 10.6 Å². The Bertz CT molecular complexity index is 633. The monoisotopic (exact) mass is 343 g/mol. The van der Waals surface area contributed by atoms with Crippen LogP contribution in [0.5, 0.6) is 0 Å². The van der Waals surface area contributed by atoms with Crippen molar-refractivity contribution < 1.29 is 14.7 Å². The van der Waals surface area contributed by atoms with Gasteiger partial charge in [0.2, 0.25) is 0 Å². The summed E-state index contributed by atoms with van der Waals surface area (Å²) >= 11 is 0. The summed E-state index contributed by atoms with van der Waals surface area (Å²) in [5, 5.41) is 23.6. The Balaban J connectivity index is 2.47. The third-order valence-electron chi connectivity index (χ3n) is 3.55. The van der Waals surface area contributed by atoms with Gasteiger partial charge in [0.05, 0.1) is 0 Å². The molecule has 0 aliphatic carbocycles. The molecular formula is C19H25N3O3. The molecule has 0 heterocycles. The number of carbonyl (C=O) groups is 2. The van der Waals surface area contributed by atoms with Gasteiger partial charge in [0.1, 0.15) is 17.7 Å². The SMILES string of the molecule is CC(C)CC(NC(=O)/C(C#N)=C\NCCCc1ccccc1)C(=O)O. The van der Waals surface area contributed by atoms with Crippen LogP contribution in [0.15, 0.2) is 42.1 Å². The fraction of sp³-hybridized carbons (Fsp3) is 0.421. The minimum atomic E-state index is -1.10. The highest BCUT2D eigenvalue weighted by atomic mass is 16.4. The second-order valence-electron chi connectivity index (χ2n) is 6.21. The van der Waals surface area contributed by atoms with Crippen molar-refractivity contribution in [2.45, 2.75) is 39.2 Å². The molecule has 6 nitrogen and oxygen atoms in total. The summed E-state index contributed by atoms with van der Waals surface area (Å²) in [6.45, 7) is 4.36. The molecule has 0 aromatic heterocycles. The number of hydrogen-bond donors (Lipinski definition) is 3. The standard InChI is InChI=1S/C19H25N3O3/c1-14(2)11-17(19(24)25)22-18(23)16(12-20)13-21-10-6-9-15-7-4-3-5-8-15/h3-5,7-8,13-14,17,21H,6,9-11H2,1-2H3,(H,22,23)(H,24,25)/b16-13-. The number of carboxylic acid groups (broad SMARTS) is 1. The van der Waals surface area contributed by atoms with Crippen LogP contribution in [0.2, 0.25) is 0 Å². The van der Waals surface area contributed by atoms with E-state index >= 15 is 0 Å². The van der Waals surface area contributed by atoms with E-state index in [0.29, 0.717) is 13.0 Å². The van der Waals surface area contributed by atoms with Crippen molar-refractivity contribution in [3.05, 3.63) is 47.7 Å². The van der Waals surface area contributed by atoms with Crippen molar-refractivity contribution in [2.24, 2.45) is 5.92 Å². The lowest BCUT2D eigenvalue weighted by atomic mass is 10.0. The Kier molecular flexibility index (Phi) is 8.80. The molecule has 1 amide bonds. The highest BCUT2D eigenvalue weighted by molar-refractivity contribution is 5.99. The largest absolute Gasteiger partial charge is 0.480 e. The van der Waals surface area contributed by atoms with Gasteiger partial charge in [-0.1, -0.05) is 44.2 Å². The van der Waals surface area contributed by atoms with Gasteiger partial charge in [-0.25, -0.2) is 4.79 Å². The Morgan fingerprint density at radius 1 is 1.28 bits per heavy atom. The van der Waals surface area contributed by atoms with Crippen LogP contribution in [-0.2, 0) is 16.0 Å². The zero-order chi connectivity index (χ0) is 18.7. The molecule has 1 atom stereocenters. The Labute approximate surface area is 148 Å². The fourth-order valence-electron chi connectivity index (χ4n) is 2.29. The maximum atomic E-state index is 12.1. The summed E-state index contributed by atoms with van der Waals surface area (Å²) < 4.78 is 0. The zero-order valence-electron chi connectivity index (χ0n) is 14.7. The number of aliphatic carboxylic acids is 1. The van der Waals surface area contributed by atoms with Gasteiger partial charge in [-0.15, -0.1) is 0 Å². The minimum Gasteiger partial charge on any atom is -0.480 e. The lowest BCUT2D eigenvalue weighted by Gasteiger charge is -2.16. The summed E-state index contributed by atoms with van der Waals surface area (Å²) in [6, 6.07) is 10.8. The Morgan fingerprint density at radius 2 is 1.96 bits per heavy atom. The molecule has 25 heavy (non-hydrogen) atoms. The zero-order valence-corrected chi connectivity index (χ0v) is 14.7. The smallest absolute Gasteiger partial charge is 0.326 e. The number of carboxylic acids is 1. The maximum Gasteiger partial charge on any atom is 0.326 e. The molecule has 0 aliphatic heterocycles. The molecule has 0 saturated heterocycles. The van der Waals surface area contributed by atoms with Crippen molar-refractivity contribution in [2.75, 3.05) is 6.54 Å². The summed E-state index contributed by atoms with van der Waals surface area (Å²) in [6.07, 6.45) is 3.40. The summed E-state index contributed by atoms with van der Waals surface area (Å²) in [5.41, 5.74) is 1.10. The number of hydrogen-bond acceptors (Lipinski definition) is 4. The number of carbonyl (C=O) groups excluding carboxylic acids is 1. The van der Waals surface area contributed by atoms with Gasteiger partial charge in [0, 0.05) is 12.7 Å². The van der Waals surface area contributed by atoms with Crippen LogP contribution in [0.1, 0.15) is 32.3 Å². The van der Waals surface area contributed by atoms with Gasteiger partial charge in [-0.2, -0.15) is 5.26 Å². The Hall–Kier alpha value is -2.81. The van der Waals surface area contributed by atoms with Crippen LogP contribution < -0.4 is 10.6 Å². The highest BCUT2D eigenvalue weighted by Crippen LogP contribution is 2.06. The van der Waals surface area contributed by atoms with E-state index in [1.54, 1.807) is 6.07 Å². The summed E-state index contributed by atoms with van der Waals surface area (Å²) in [5.74, 6) is -1.66. The number of nitrogens with zero attached hydrogens (tertiary/aromatic N) is 1. The topological polar surface area (TPSA) is 102 Å². The van der Waals surface area contributed by atoms with Crippen molar-refractivity contribution in [1.29, 1.82) is 5.26 Å². The maximum absolute atomic E-state index is 12.1. The van der Waals surface area contributed by atoms with E-state index < -0.39 is 17.9 Å². The molecule has 1 rings (SSSR count). The molecular weight excluding hydrogens is 318 g/mol. The fourth-order valence-corrected chi connectivity index (χ4v) is 2.29. The molecule has 0 fully saturated rings. The molecule has 1 aromatic carbocycles. The summed E-state index contributed by atoms with van der Waals surface area (Å²) in [4.78, 5) is 23.2. The van der Waals surface area contributed by atoms with Crippen LogP contribution in [0, 0.1) is 17.2 Å².